The molecule has 0 aliphatic carbocycles. The first-order chi connectivity index (χ1) is 16.2. The summed E-state index contributed by atoms with van der Waals surface area (Å²) in [6.45, 7) is 6.29. The third-order valence-electron chi connectivity index (χ3n) is 5.20. The smallest absolute Gasteiger partial charge is 0.258 e. The van der Waals surface area contributed by atoms with Gasteiger partial charge < -0.3 is 29.7 Å². The number of ether oxygens (including phenoxy) is 1. The summed E-state index contributed by atoms with van der Waals surface area (Å²) in [5.74, 6) is 1.14. The number of aliphatic hydroxyl groups is 2. The summed E-state index contributed by atoms with van der Waals surface area (Å²) in [7, 11) is 4.09. The Kier molecular flexibility index (Phi) is 8.78. The molecule has 0 radical (unpaired) electrons. The maximum Gasteiger partial charge on any atom is 0.258 e. The van der Waals surface area contributed by atoms with Crippen LogP contribution in [0, 0.1) is 13.8 Å². The van der Waals surface area contributed by atoms with Gasteiger partial charge in [0.1, 0.15) is 25.1 Å². The van der Waals surface area contributed by atoms with Crippen molar-refractivity contribution in [2.75, 3.05) is 33.9 Å². The van der Waals surface area contributed by atoms with Gasteiger partial charge in [-0.05, 0) is 69.3 Å². The summed E-state index contributed by atoms with van der Waals surface area (Å²) >= 11 is 1.67. The third kappa shape index (κ3) is 6.41. The van der Waals surface area contributed by atoms with E-state index in [0.29, 0.717) is 23.9 Å². The number of aryl methyl sites for hydroxylation is 3. The highest BCUT2D eigenvalue weighted by atomic mass is 32.1. The average molecular weight is 489 g/mol. The minimum atomic E-state index is -0.899. The molecule has 0 saturated carbocycles. The van der Waals surface area contributed by atoms with Gasteiger partial charge in [0.25, 0.3) is 5.89 Å². The number of nitrogens with zero attached hydrogens (tertiary/aromatic N) is 3. The van der Waals surface area contributed by atoms with Crippen LogP contribution in [0.1, 0.15) is 28.5 Å². The zero-order valence-electron chi connectivity index (χ0n) is 20.2. The van der Waals surface area contributed by atoms with E-state index in [0.717, 1.165) is 28.1 Å². The molecule has 1 amide bonds. The first kappa shape index (κ1) is 25.8. The van der Waals surface area contributed by atoms with Crippen LogP contribution in [0.4, 0.5) is 0 Å². The Hall–Kier alpha value is -2.79. The number of nitrogens with one attached hydrogen (secondary N) is 1. The van der Waals surface area contributed by atoms with Gasteiger partial charge in [-0.25, -0.2) is 0 Å². The van der Waals surface area contributed by atoms with E-state index in [4.69, 9.17) is 14.4 Å². The number of aliphatic hydroxyl groups excluding tert-OH is 2. The fourth-order valence-electron chi connectivity index (χ4n) is 3.48. The van der Waals surface area contributed by atoms with Crippen molar-refractivity contribution < 1.29 is 24.3 Å². The second kappa shape index (κ2) is 11.6. The fourth-order valence-corrected chi connectivity index (χ4v) is 4.70. The molecular formula is C24H32N4O5S. The zero-order valence-corrected chi connectivity index (χ0v) is 21.0. The Balaban J connectivity index is 1.76. The maximum atomic E-state index is 11.1. The molecule has 0 aliphatic rings. The molecule has 34 heavy (non-hydrogen) atoms. The summed E-state index contributed by atoms with van der Waals surface area (Å²) in [5.41, 5.74) is 3.84. The standard InChI is InChI=1S/C24H32N4O5S/c1-6-16-9-17(7-15(3)22(16)32-13-18(30)10-25-21(31)12-29)24-26-23(27-33-24)19-8-14(2)20(34-19)11-28(4)5/h7-9,18,29-30H,6,10-13H2,1-5H3,(H,25,31)/t18-/m0/s1. The van der Waals surface area contributed by atoms with Crippen molar-refractivity contribution >= 4 is 17.2 Å². The zero-order chi connectivity index (χ0) is 24.8. The fraction of sp³-hybridized carbons (Fsp3) is 0.458. The van der Waals surface area contributed by atoms with Crippen molar-refractivity contribution in [1.82, 2.24) is 20.4 Å². The Morgan fingerprint density at radius 3 is 2.71 bits per heavy atom. The molecular weight excluding hydrogens is 456 g/mol. The molecule has 184 valence electrons. The number of hydrogen-bond donors (Lipinski definition) is 3. The first-order valence-corrected chi connectivity index (χ1v) is 11.9. The number of carbonyl (C=O) groups is 1. The lowest BCUT2D eigenvalue weighted by Gasteiger charge is -2.17. The topological polar surface area (TPSA) is 121 Å². The van der Waals surface area contributed by atoms with E-state index < -0.39 is 18.6 Å². The highest BCUT2D eigenvalue weighted by Crippen LogP contribution is 2.34. The van der Waals surface area contributed by atoms with E-state index in [-0.39, 0.29) is 13.2 Å². The van der Waals surface area contributed by atoms with Crippen LogP contribution in [-0.4, -0.2) is 71.1 Å². The van der Waals surface area contributed by atoms with Crippen molar-refractivity contribution in [2.24, 2.45) is 0 Å². The molecule has 3 N–H and O–H groups in total. The van der Waals surface area contributed by atoms with Crippen molar-refractivity contribution in [3.05, 3.63) is 39.8 Å². The van der Waals surface area contributed by atoms with Crippen LogP contribution in [0.25, 0.3) is 22.2 Å². The van der Waals surface area contributed by atoms with Crippen LogP contribution in [0.5, 0.6) is 5.75 Å². The number of rotatable bonds is 11. The van der Waals surface area contributed by atoms with E-state index in [2.05, 4.69) is 33.3 Å². The van der Waals surface area contributed by atoms with E-state index in [1.165, 1.54) is 10.4 Å². The minimum absolute atomic E-state index is 0.00119. The monoisotopic (exact) mass is 488 g/mol. The van der Waals surface area contributed by atoms with E-state index in [1.54, 1.807) is 11.3 Å². The second-order valence-electron chi connectivity index (χ2n) is 8.44. The van der Waals surface area contributed by atoms with Crippen LogP contribution in [-0.2, 0) is 17.8 Å². The molecule has 1 aromatic carbocycles. The SMILES string of the molecule is CCc1cc(-c2nc(-c3cc(C)c(CN(C)C)s3)no2)cc(C)c1OC[C@@H](O)CNC(=O)CO. The average Bonchev–Trinajstić information content (AvgIpc) is 3.43. The second-order valence-corrected chi connectivity index (χ2v) is 9.58. The summed E-state index contributed by atoms with van der Waals surface area (Å²) in [5, 5.41) is 25.4. The number of amides is 1. The predicted octanol–water partition coefficient (Wildman–Crippen LogP) is 2.55. The summed E-state index contributed by atoms with van der Waals surface area (Å²) in [6.07, 6.45) is -0.190. The van der Waals surface area contributed by atoms with Crippen molar-refractivity contribution in [2.45, 2.75) is 39.8 Å². The molecule has 1 atom stereocenters. The summed E-state index contributed by atoms with van der Waals surface area (Å²) < 4.78 is 11.5. The molecule has 0 saturated heterocycles. The maximum absolute atomic E-state index is 11.1. The molecule has 0 bridgehead atoms. The van der Waals surface area contributed by atoms with Crippen LogP contribution in [0.2, 0.25) is 0 Å². The number of carbonyl (C=O) groups excluding carboxylic acids is 1. The molecule has 3 aromatic rings. The normalized spacial score (nSPS) is 12.2. The van der Waals surface area contributed by atoms with E-state index >= 15 is 0 Å². The van der Waals surface area contributed by atoms with Crippen molar-refractivity contribution in [3.8, 4) is 27.9 Å². The predicted molar refractivity (Wildman–Crippen MR) is 131 cm³/mol. The van der Waals surface area contributed by atoms with Crippen molar-refractivity contribution in [1.29, 1.82) is 0 Å². The molecule has 0 spiro atoms. The highest BCUT2D eigenvalue weighted by molar-refractivity contribution is 7.15. The largest absolute Gasteiger partial charge is 0.490 e. The molecule has 2 heterocycles. The van der Waals surface area contributed by atoms with Gasteiger partial charge >= 0.3 is 0 Å². The Labute approximate surface area is 203 Å². The van der Waals surface area contributed by atoms with E-state index in [1.807, 2.05) is 40.1 Å². The Bertz CT molecular complexity index is 1120. The van der Waals surface area contributed by atoms with Gasteiger partial charge in [-0.3, -0.25) is 4.79 Å². The van der Waals surface area contributed by atoms with Gasteiger partial charge in [0, 0.05) is 23.5 Å². The lowest BCUT2D eigenvalue weighted by Crippen LogP contribution is -2.36. The van der Waals surface area contributed by atoms with Crippen molar-refractivity contribution in [3.63, 3.8) is 0 Å². The molecule has 9 nitrogen and oxygen atoms in total. The van der Waals surface area contributed by atoms with Gasteiger partial charge in [-0.2, -0.15) is 4.98 Å². The third-order valence-corrected chi connectivity index (χ3v) is 6.42. The van der Waals surface area contributed by atoms with Crippen LogP contribution in [0.3, 0.4) is 0 Å². The molecule has 0 unspecified atom stereocenters. The van der Waals surface area contributed by atoms with E-state index in [9.17, 15) is 9.90 Å². The molecule has 0 aliphatic heterocycles. The number of hydrogen-bond acceptors (Lipinski definition) is 9. The number of thiophene rings is 1. The molecule has 10 heteroatoms. The summed E-state index contributed by atoms with van der Waals surface area (Å²) in [6, 6.07) is 5.96. The van der Waals surface area contributed by atoms with Gasteiger partial charge in [0.15, 0.2) is 0 Å². The Morgan fingerprint density at radius 2 is 2.03 bits per heavy atom. The number of benzene rings is 1. The minimum Gasteiger partial charge on any atom is -0.490 e. The van der Waals surface area contributed by atoms with Crippen LogP contribution in [0.15, 0.2) is 22.7 Å². The van der Waals surface area contributed by atoms with Crippen LogP contribution < -0.4 is 10.1 Å². The lowest BCUT2D eigenvalue weighted by atomic mass is 10.0. The number of aromatic nitrogens is 2. The van der Waals surface area contributed by atoms with Gasteiger partial charge in [0.2, 0.25) is 11.7 Å². The first-order valence-electron chi connectivity index (χ1n) is 11.1. The molecule has 0 fully saturated rings. The molecule has 3 rings (SSSR count). The molecule has 2 aromatic heterocycles. The summed E-state index contributed by atoms with van der Waals surface area (Å²) in [4.78, 5) is 20.1. The Morgan fingerprint density at radius 1 is 1.26 bits per heavy atom. The quantitative estimate of drug-likeness (QED) is 0.377. The van der Waals surface area contributed by atoms with Gasteiger partial charge in [0.05, 0.1) is 4.88 Å². The van der Waals surface area contributed by atoms with Gasteiger partial charge in [-0.15, -0.1) is 11.3 Å². The lowest BCUT2D eigenvalue weighted by molar-refractivity contribution is -0.124. The van der Waals surface area contributed by atoms with Crippen LogP contribution >= 0.6 is 11.3 Å². The highest BCUT2D eigenvalue weighted by Gasteiger charge is 2.18. The van der Waals surface area contributed by atoms with Gasteiger partial charge in [-0.1, -0.05) is 12.1 Å².